The van der Waals surface area contributed by atoms with Crippen molar-refractivity contribution in [2.75, 3.05) is 18.5 Å². The molecule has 0 fully saturated rings. The highest BCUT2D eigenvalue weighted by molar-refractivity contribution is 9.09. The van der Waals surface area contributed by atoms with E-state index in [1.54, 1.807) is 0 Å². The zero-order valence-electron chi connectivity index (χ0n) is 7.10. The van der Waals surface area contributed by atoms with Gasteiger partial charge in [0, 0.05) is 18.5 Å². The van der Waals surface area contributed by atoms with E-state index in [9.17, 15) is 0 Å². The smallest absolute Gasteiger partial charge is 0.180 e. The van der Waals surface area contributed by atoms with Gasteiger partial charge in [0.05, 0.1) is 0 Å². The minimum absolute atomic E-state index is 0.246. The SMILES string of the molecule is C=C(CBr)C(OCC)OCC. The largest absolute Gasteiger partial charge is 0.349 e. The van der Waals surface area contributed by atoms with E-state index in [0.29, 0.717) is 13.2 Å². The Morgan fingerprint density at radius 1 is 1.36 bits per heavy atom. The van der Waals surface area contributed by atoms with Gasteiger partial charge in [0.2, 0.25) is 0 Å². The van der Waals surface area contributed by atoms with Crippen LogP contribution in [0.2, 0.25) is 0 Å². The van der Waals surface area contributed by atoms with Crippen molar-refractivity contribution in [3.05, 3.63) is 12.2 Å². The lowest BCUT2D eigenvalue weighted by Crippen LogP contribution is -2.20. The summed E-state index contributed by atoms with van der Waals surface area (Å²) in [6.45, 7) is 8.99. The van der Waals surface area contributed by atoms with Crippen LogP contribution in [-0.4, -0.2) is 24.8 Å². The Hall–Kier alpha value is 0.140. The third kappa shape index (κ3) is 4.56. The molecule has 0 bridgehead atoms. The summed E-state index contributed by atoms with van der Waals surface area (Å²) >= 11 is 3.30. The lowest BCUT2D eigenvalue weighted by molar-refractivity contribution is -0.110. The fourth-order valence-corrected chi connectivity index (χ4v) is 0.914. The monoisotopic (exact) mass is 222 g/mol. The van der Waals surface area contributed by atoms with Crippen molar-refractivity contribution in [3.63, 3.8) is 0 Å². The van der Waals surface area contributed by atoms with Gasteiger partial charge in [-0.25, -0.2) is 0 Å². The van der Waals surface area contributed by atoms with Crippen LogP contribution in [0.1, 0.15) is 13.8 Å². The molecule has 0 radical (unpaired) electrons. The second-order valence-electron chi connectivity index (χ2n) is 2.03. The van der Waals surface area contributed by atoms with Crippen LogP contribution in [0.15, 0.2) is 12.2 Å². The summed E-state index contributed by atoms with van der Waals surface area (Å²) < 4.78 is 10.6. The summed E-state index contributed by atoms with van der Waals surface area (Å²) in [5.74, 6) is 0. The van der Waals surface area contributed by atoms with Crippen LogP contribution >= 0.6 is 15.9 Å². The lowest BCUT2D eigenvalue weighted by atomic mass is 10.3. The molecule has 3 heteroatoms. The summed E-state index contributed by atoms with van der Waals surface area (Å²) in [5, 5.41) is 0.720. The molecule has 0 saturated carbocycles. The maximum atomic E-state index is 5.28. The molecule has 0 atom stereocenters. The summed E-state index contributed by atoms with van der Waals surface area (Å²) in [5.41, 5.74) is 0.925. The quantitative estimate of drug-likeness (QED) is 0.391. The van der Waals surface area contributed by atoms with Gasteiger partial charge >= 0.3 is 0 Å². The van der Waals surface area contributed by atoms with Crippen molar-refractivity contribution < 1.29 is 9.47 Å². The third-order valence-electron chi connectivity index (χ3n) is 1.14. The van der Waals surface area contributed by atoms with E-state index in [2.05, 4.69) is 22.5 Å². The van der Waals surface area contributed by atoms with Gasteiger partial charge in [-0.1, -0.05) is 22.5 Å². The predicted molar refractivity (Wildman–Crippen MR) is 50.0 cm³/mol. The van der Waals surface area contributed by atoms with Gasteiger partial charge in [-0.05, 0) is 19.4 Å². The highest BCUT2D eigenvalue weighted by Crippen LogP contribution is 2.08. The molecule has 2 nitrogen and oxygen atoms in total. The first-order valence-corrected chi connectivity index (χ1v) is 4.85. The number of rotatable bonds is 6. The van der Waals surface area contributed by atoms with Crippen molar-refractivity contribution in [1.82, 2.24) is 0 Å². The molecule has 0 heterocycles. The molecule has 0 aliphatic rings. The Bertz CT molecular complexity index is 109. The molecule has 0 aliphatic heterocycles. The standard InChI is InChI=1S/C8H15BrO2/c1-4-10-8(11-5-2)7(3)6-9/h8H,3-6H2,1-2H3. The first kappa shape index (κ1) is 11.1. The molecule has 66 valence electrons. The van der Waals surface area contributed by atoms with E-state index in [1.165, 1.54) is 0 Å². The number of hydrogen-bond acceptors (Lipinski definition) is 2. The van der Waals surface area contributed by atoms with Crippen LogP contribution in [0.5, 0.6) is 0 Å². The van der Waals surface area contributed by atoms with Crippen LogP contribution in [0.3, 0.4) is 0 Å². The maximum absolute atomic E-state index is 5.28. The van der Waals surface area contributed by atoms with E-state index in [0.717, 1.165) is 10.9 Å². The highest BCUT2D eigenvalue weighted by atomic mass is 79.9. The van der Waals surface area contributed by atoms with E-state index >= 15 is 0 Å². The molecule has 11 heavy (non-hydrogen) atoms. The van der Waals surface area contributed by atoms with Gasteiger partial charge in [0.25, 0.3) is 0 Å². The fourth-order valence-electron chi connectivity index (χ4n) is 0.650. The van der Waals surface area contributed by atoms with Gasteiger partial charge in [-0.2, -0.15) is 0 Å². The zero-order chi connectivity index (χ0) is 8.69. The fraction of sp³-hybridized carbons (Fsp3) is 0.750. The molecular weight excluding hydrogens is 208 g/mol. The van der Waals surface area contributed by atoms with Crippen molar-refractivity contribution in [2.24, 2.45) is 0 Å². The molecule has 0 aliphatic carbocycles. The van der Waals surface area contributed by atoms with Gasteiger partial charge in [0.1, 0.15) is 0 Å². The van der Waals surface area contributed by atoms with Crippen LogP contribution in [0, 0.1) is 0 Å². The zero-order valence-corrected chi connectivity index (χ0v) is 8.69. The number of hydrogen-bond donors (Lipinski definition) is 0. The van der Waals surface area contributed by atoms with E-state index in [1.807, 2.05) is 13.8 Å². The molecular formula is C8H15BrO2. The molecule has 0 aromatic rings. The second kappa shape index (κ2) is 6.83. The van der Waals surface area contributed by atoms with Crippen molar-refractivity contribution in [3.8, 4) is 0 Å². The van der Waals surface area contributed by atoms with Crippen molar-refractivity contribution in [2.45, 2.75) is 20.1 Å². The predicted octanol–water partition coefficient (Wildman–Crippen LogP) is 2.34. The maximum Gasteiger partial charge on any atom is 0.180 e. The molecule has 0 spiro atoms. The minimum Gasteiger partial charge on any atom is -0.349 e. The van der Waals surface area contributed by atoms with Crippen LogP contribution in [0.25, 0.3) is 0 Å². The Balaban J connectivity index is 3.76. The summed E-state index contributed by atoms with van der Waals surface area (Å²) in [6, 6.07) is 0. The summed E-state index contributed by atoms with van der Waals surface area (Å²) in [6.07, 6.45) is -0.246. The van der Waals surface area contributed by atoms with Crippen LogP contribution < -0.4 is 0 Å². The van der Waals surface area contributed by atoms with Gasteiger partial charge < -0.3 is 9.47 Å². The molecule has 0 aromatic carbocycles. The van der Waals surface area contributed by atoms with Crippen molar-refractivity contribution in [1.29, 1.82) is 0 Å². The van der Waals surface area contributed by atoms with E-state index in [4.69, 9.17) is 9.47 Å². The van der Waals surface area contributed by atoms with E-state index < -0.39 is 0 Å². The summed E-state index contributed by atoms with van der Waals surface area (Å²) in [7, 11) is 0. The van der Waals surface area contributed by atoms with Crippen LogP contribution in [0.4, 0.5) is 0 Å². The molecule has 0 rings (SSSR count). The highest BCUT2D eigenvalue weighted by Gasteiger charge is 2.10. The average Bonchev–Trinajstić information content (AvgIpc) is 2.03. The molecule has 0 aromatic heterocycles. The normalized spacial score (nSPS) is 10.5. The minimum atomic E-state index is -0.246. The topological polar surface area (TPSA) is 18.5 Å². The Morgan fingerprint density at radius 3 is 2.09 bits per heavy atom. The van der Waals surface area contributed by atoms with E-state index in [-0.39, 0.29) is 6.29 Å². The average molecular weight is 223 g/mol. The lowest BCUT2D eigenvalue weighted by Gasteiger charge is -2.17. The Labute approximate surface area is 76.7 Å². The number of alkyl halides is 1. The van der Waals surface area contributed by atoms with Crippen LogP contribution in [-0.2, 0) is 9.47 Å². The molecule has 0 amide bonds. The van der Waals surface area contributed by atoms with Gasteiger partial charge in [0.15, 0.2) is 6.29 Å². The van der Waals surface area contributed by atoms with Gasteiger partial charge in [-0.15, -0.1) is 0 Å². The second-order valence-corrected chi connectivity index (χ2v) is 2.60. The summed E-state index contributed by atoms with van der Waals surface area (Å²) in [4.78, 5) is 0. The van der Waals surface area contributed by atoms with Crippen molar-refractivity contribution >= 4 is 15.9 Å². The first-order valence-electron chi connectivity index (χ1n) is 3.73. The Kier molecular flexibility index (Phi) is 6.91. The molecule has 0 N–H and O–H groups in total. The first-order chi connectivity index (χ1) is 5.26. The third-order valence-corrected chi connectivity index (χ3v) is 1.86. The Morgan fingerprint density at radius 2 is 1.82 bits per heavy atom. The van der Waals surface area contributed by atoms with Gasteiger partial charge in [-0.3, -0.25) is 0 Å². The number of ether oxygens (including phenoxy) is 2. The molecule has 0 saturated heterocycles. The molecule has 0 unspecified atom stereocenters. The number of halogens is 1.